The Kier molecular flexibility index (Phi) is 8.19. The monoisotopic (exact) mass is 526 g/mol. The average molecular weight is 527 g/mol. The Morgan fingerprint density at radius 1 is 1.27 bits per heavy atom. The number of rotatable bonds is 11. The highest BCUT2D eigenvalue weighted by Gasteiger charge is 2.77. The number of thioether (sulfide) groups is 1. The molecule has 2 amide bonds. The number of benzene rings is 1. The van der Waals surface area contributed by atoms with Crippen molar-refractivity contribution in [3.8, 4) is 0 Å². The molecule has 7 nitrogen and oxygen atoms in total. The Labute approximate surface area is 223 Å². The molecular formula is C29H38N2O5S. The number of fused-ring (bicyclic) bond motifs is 1. The van der Waals surface area contributed by atoms with Crippen LogP contribution in [-0.4, -0.2) is 74.5 Å². The van der Waals surface area contributed by atoms with Gasteiger partial charge in [-0.2, -0.15) is 0 Å². The minimum atomic E-state index is -0.796. The maximum absolute atomic E-state index is 14.5. The van der Waals surface area contributed by atoms with E-state index in [-0.39, 0.29) is 42.1 Å². The third kappa shape index (κ3) is 4.52. The minimum Gasteiger partial charge on any atom is -0.461 e. The van der Waals surface area contributed by atoms with E-state index < -0.39 is 34.6 Å². The fourth-order valence-corrected chi connectivity index (χ4v) is 8.98. The molecule has 2 bridgehead atoms. The first-order valence-electron chi connectivity index (χ1n) is 13.0. The molecule has 1 aromatic rings. The first-order chi connectivity index (χ1) is 17.7. The number of amides is 2. The van der Waals surface area contributed by atoms with Gasteiger partial charge in [-0.25, -0.2) is 0 Å². The molecule has 0 radical (unpaired) electrons. The van der Waals surface area contributed by atoms with E-state index in [1.165, 1.54) is 6.08 Å². The van der Waals surface area contributed by atoms with Gasteiger partial charge in [0, 0.05) is 18.3 Å². The van der Waals surface area contributed by atoms with E-state index in [1.54, 1.807) is 27.6 Å². The molecule has 7 atom stereocenters. The Morgan fingerprint density at radius 3 is 2.57 bits per heavy atom. The molecule has 3 unspecified atom stereocenters. The summed E-state index contributed by atoms with van der Waals surface area (Å²) >= 11 is 1.61. The molecule has 1 spiro atoms. The van der Waals surface area contributed by atoms with E-state index in [9.17, 15) is 19.5 Å². The first kappa shape index (κ1) is 27.5. The van der Waals surface area contributed by atoms with Crippen LogP contribution in [0.5, 0.6) is 0 Å². The van der Waals surface area contributed by atoms with Crippen molar-refractivity contribution in [3.05, 3.63) is 61.2 Å². The molecule has 8 heteroatoms. The fourth-order valence-electron chi connectivity index (χ4n) is 6.59. The third-order valence-corrected chi connectivity index (χ3v) is 10.3. The van der Waals surface area contributed by atoms with Crippen LogP contribution in [0.1, 0.15) is 32.8 Å². The third-order valence-electron chi connectivity index (χ3n) is 8.22. The highest BCUT2D eigenvalue weighted by Crippen LogP contribution is 2.69. The molecule has 3 saturated heterocycles. The Morgan fingerprint density at radius 2 is 1.97 bits per heavy atom. The predicted octanol–water partition coefficient (Wildman–Crippen LogP) is 3.28. The molecule has 0 saturated carbocycles. The van der Waals surface area contributed by atoms with Gasteiger partial charge in [0.2, 0.25) is 11.8 Å². The summed E-state index contributed by atoms with van der Waals surface area (Å²) in [5.74, 6) is -2.15. The van der Waals surface area contributed by atoms with Gasteiger partial charge in [0.1, 0.15) is 12.6 Å². The van der Waals surface area contributed by atoms with Crippen molar-refractivity contribution in [3.63, 3.8) is 0 Å². The smallest absolute Gasteiger partial charge is 0.311 e. The van der Waals surface area contributed by atoms with Gasteiger partial charge in [0.25, 0.3) is 0 Å². The Bertz CT molecular complexity index is 1050. The molecule has 0 aromatic heterocycles. The molecule has 3 heterocycles. The number of likely N-dealkylation sites (tertiary alicyclic amines) is 1. The van der Waals surface area contributed by atoms with Crippen LogP contribution in [-0.2, 0) is 25.7 Å². The summed E-state index contributed by atoms with van der Waals surface area (Å²) in [7, 11) is 0. The SMILES string of the molecule is C=CCOC(=O)[C@@H]1[C@@H]2CC(C)C3(S2)C(C(=O)N(CC=C)Cc2ccccc2)N([C@@H](CO)C(C)C)C(=O)[C@H]13. The van der Waals surface area contributed by atoms with Crippen LogP contribution in [0.2, 0.25) is 0 Å². The number of carbonyl (C=O) groups is 3. The van der Waals surface area contributed by atoms with Gasteiger partial charge in [0.15, 0.2) is 0 Å². The molecule has 3 aliphatic heterocycles. The zero-order valence-corrected chi connectivity index (χ0v) is 22.7. The Balaban J connectivity index is 1.80. The Hall–Kier alpha value is -2.58. The van der Waals surface area contributed by atoms with E-state index in [0.29, 0.717) is 13.1 Å². The van der Waals surface area contributed by atoms with Crippen LogP contribution in [0.25, 0.3) is 0 Å². The number of aliphatic hydroxyl groups is 1. The second kappa shape index (κ2) is 11.0. The zero-order chi connectivity index (χ0) is 26.9. The molecule has 3 aliphatic rings. The standard InChI is InChI=1S/C29H38N2O5S/c1-6-13-30(16-20-11-9-8-10-12-20)27(34)25-29-19(5)15-22(37-29)23(28(35)36-14-7-2)24(29)26(33)31(25)21(17-32)18(3)4/h6-12,18-19,21-25,32H,1-2,13-17H2,3-5H3/t19?,21-,22-,23+,24-,25?,29?/m0/s1. The van der Waals surface area contributed by atoms with Crippen LogP contribution in [0.4, 0.5) is 0 Å². The van der Waals surface area contributed by atoms with Gasteiger partial charge in [-0.15, -0.1) is 18.3 Å². The van der Waals surface area contributed by atoms with E-state index in [0.717, 1.165) is 12.0 Å². The van der Waals surface area contributed by atoms with Gasteiger partial charge in [-0.3, -0.25) is 14.4 Å². The highest BCUT2D eigenvalue weighted by atomic mass is 32.2. The van der Waals surface area contributed by atoms with Gasteiger partial charge >= 0.3 is 5.97 Å². The van der Waals surface area contributed by atoms with Crippen molar-refractivity contribution in [2.24, 2.45) is 23.7 Å². The van der Waals surface area contributed by atoms with Crippen molar-refractivity contribution < 1.29 is 24.2 Å². The normalized spacial score (nSPS) is 30.8. The van der Waals surface area contributed by atoms with Crippen LogP contribution < -0.4 is 0 Å². The number of hydrogen-bond acceptors (Lipinski definition) is 6. The van der Waals surface area contributed by atoms with Crippen LogP contribution in [0.3, 0.4) is 0 Å². The average Bonchev–Trinajstić information content (AvgIpc) is 3.47. The topological polar surface area (TPSA) is 87.2 Å². The van der Waals surface area contributed by atoms with Gasteiger partial charge in [-0.05, 0) is 23.8 Å². The van der Waals surface area contributed by atoms with E-state index in [4.69, 9.17) is 4.74 Å². The van der Waals surface area contributed by atoms with E-state index in [1.807, 2.05) is 44.2 Å². The largest absolute Gasteiger partial charge is 0.461 e. The predicted molar refractivity (Wildman–Crippen MR) is 144 cm³/mol. The molecule has 1 aromatic carbocycles. The molecule has 1 N–H and O–H groups in total. The van der Waals surface area contributed by atoms with Crippen molar-refractivity contribution >= 4 is 29.5 Å². The molecule has 37 heavy (non-hydrogen) atoms. The summed E-state index contributed by atoms with van der Waals surface area (Å²) in [6, 6.07) is 8.40. The second-order valence-electron chi connectivity index (χ2n) is 10.7. The van der Waals surface area contributed by atoms with Gasteiger partial charge < -0.3 is 19.6 Å². The maximum atomic E-state index is 14.5. The number of aliphatic hydroxyl groups excluding tert-OH is 1. The van der Waals surface area contributed by atoms with Crippen molar-refractivity contribution in [2.75, 3.05) is 19.8 Å². The number of hydrogen-bond donors (Lipinski definition) is 1. The fraction of sp³-hybridized carbons (Fsp3) is 0.552. The lowest BCUT2D eigenvalue weighted by Gasteiger charge is -2.42. The van der Waals surface area contributed by atoms with Gasteiger partial charge in [-0.1, -0.05) is 69.8 Å². The second-order valence-corrected chi connectivity index (χ2v) is 12.3. The summed E-state index contributed by atoms with van der Waals surface area (Å²) in [6.07, 6.45) is 3.94. The number of nitrogens with zero attached hydrogens (tertiary/aromatic N) is 2. The van der Waals surface area contributed by atoms with Crippen molar-refractivity contribution in [1.29, 1.82) is 0 Å². The number of esters is 1. The number of ether oxygens (including phenoxy) is 1. The van der Waals surface area contributed by atoms with Crippen molar-refractivity contribution in [2.45, 2.75) is 55.8 Å². The molecule has 200 valence electrons. The molecule has 0 aliphatic carbocycles. The van der Waals surface area contributed by atoms with E-state index >= 15 is 0 Å². The quantitative estimate of drug-likeness (QED) is 0.352. The minimum absolute atomic E-state index is 0.0349. The lowest BCUT2D eigenvalue weighted by Crippen LogP contribution is -2.59. The molecule has 3 fully saturated rings. The highest BCUT2D eigenvalue weighted by molar-refractivity contribution is 8.02. The number of carbonyl (C=O) groups excluding carboxylic acids is 3. The van der Waals surface area contributed by atoms with Crippen LogP contribution >= 0.6 is 11.8 Å². The van der Waals surface area contributed by atoms with Crippen LogP contribution in [0, 0.1) is 23.7 Å². The molecule has 4 rings (SSSR count). The van der Waals surface area contributed by atoms with E-state index in [2.05, 4.69) is 20.1 Å². The molecular weight excluding hydrogens is 488 g/mol. The summed E-state index contributed by atoms with van der Waals surface area (Å²) < 4.78 is 4.68. The summed E-state index contributed by atoms with van der Waals surface area (Å²) in [4.78, 5) is 45.3. The summed E-state index contributed by atoms with van der Waals surface area (Å²) in [5.41, 5.74) is 0.979. The lowest BCUT2D eigenvalue weighted by atomic mass is 9.66. The maximum Gasteiger partial charge on any atom is 0.311 e. The van der Waals surface area contributed by atoms with Gasteiger partial charge in [0.05, 0.1) is 29.2 Å². The zero-order valence-electron chi connectivity index (χ0n) is 21.9. The summed E-state index contributed by atoms with van der Waals surface area (Å²) in [5, 5.41) is 10.3. The van der Waals surface area contributed by atoms with Crippen molar-refractivity contribution in [1.82, 2.24) is 9.80 Å². The lowest BCUT2D eigenvalue weighted by molar-refractivity contribution is -0.154. The summed E-state index contributed by atoms with van der Waals surface area (Å²) in [6.45, 7) is 14.0. The first-order valence-corrected chi connectivity index (χ1v) is 13.9. The van der Waals surface area contributed by atoms with Crippen LogP contribution in [0.15, 0.2) is 55.6 Å².